The van der Waals surface area contributed by atoms with Crippen molar-refractivity contribution in [2.75, 3.05) is 6.54 Å². The van der Waals surface area contributed by atoms with Gasteiger partial charge in [-0.25, -0.2) is 0 Å². The molecule has 1 heterocycles. The lowest BCUT2D eigenvalue weighted by Crippen LogP contribution is -2.22. The van der Waals surface area contributed by atoms with E-state index in [2.05, 4.69) is 31.3 Å². The van der Waals surface area contributed by atoms with Crippen LogP contribution in [-0.2, 0) is 0 Å². The normalized spacial score (nSPS) is 23.2. The molecule has 0 aromatic carbocycles. The minimum atomic E-state index is 0.658. The molecule has 1 nitrogen and oxygen atoms in total. The monoisotopic (exact) mass is 163 g/mol. The van der Waals surface area contributed by atoms with Gasteiger partial charge in [0, 0.05) is 12.2 Å². The first-order valence-electron chi connectivity index (χ1n) is 4.93. The summed E-state index contributed by atoms with van der Waals surface area (Å²) in [7, 11) is 0. The van der Waals surface area contributed by atoms with E-state index in [0.29, 0.717) is 5.92 Å². The van der Waals surface area contributed by atoms with Gasteiger partial charge in [0.05, 0.1) is 0 Å². The predicted octanol–water partition coefficient (Wildman–Crippen LogP) is 2.47. The second-order valence-corrected chi connectivity index (χ2v) is 4.08. The third-order valence-electron chi connectivity index (χ3n) is 2.61. The summed E-state index contributed by atoms with van der Waals surface area (Å²) in [4.78, 5) is 0. The number of allylic oxidation sites excluding steroid dienone is 3. The van der Waals surface area contributed by atoms with Crippen molar-refractivity contribution in [1.82, 2.24) is 5.32 Å². The molecule has 0 saturated heterocycles. The summed E-state index contributed by atoms with van der Waals surface area (Å²) in [6, 6.07) is 0. The van der Waals surface area contributed by atoms with Crippen molar-refractivity contribution in [1.29, 1.82) is 0 Å². The Bertz CT molecular complexity index is 231. The minimum absolute atomic E-state index is 0.658. The van der Waals surface area contributed by atoms with Crippen molar-refractivity contribution in [3.8, 4) is 0 Å². The van der Waals surface area contributed by atoms with Gasteiger partial charge >= 0.3 is 0 Å². The van der Waals surface area contributed by atoms with Crippen molar-refractivity contribution in [3.63, 3.8) is 0 Å². The molecule has 1 aliphatic heterocycles. The largest absolute Gasteiger partial charge is 0.384 e. The summed E-state index contributed by atoms with van der Waals surface area (Å²) in [5, 5.41) is 3.48. The van der Waals surface area contributed by atoms with Crippen LogP contribution in [0.25, 0.3) is 0 Å². The molecule has 0 aromatic rings. The van der Waals surface area contributed by atoms with E-state index in [-0.39, 0.29) is 0 Å². The van der Waals surface area contributed by atoms with Gasteiger partial charge in [-0.05, 0) is 30.3 Å². The summed E-state index contributed by atoms with van der Waals surface area (Å²) in [6.45, 7) is 5.55. The summed E-state index contributed by atoms with van der Waals surface area (Å²) < 4.78 is 0. The lowest BCUT2D eigenvalue weighted by Gasteiger charge is -2.20. The van der Waals surface area contributed by atoms with Crippen LogP contribution < -0.4 is 5.32 Å². The number of hydrogen-bond donors (Lipinski definition) is 1. The van der Waals surface area contributed by atoms with Crippen molar-refractivity contribution in [2.45, 2.75) is 26.7 Å². The Kier molecular flexibility index (Phi) is 1.95. The van der Waals surface area contributed by atoms with Crippen LogP contribution >= 0.6 is 0 Å². The van der Waals surface area contributed by atoms with Gasteiger partial charge in [0.15, 0.2) is 0 Å². The number of rotatable bonds is 2. The zero-order valence-electron chi connectivity index (χ0n) is 7.93. The first-order valence-corrected chi connectivity index (χ1v) is 4.93. The smallest absolute Gasteiger partial charge is 0.0331 e. The zero-order chi connectivity index (χ0) is 8.55. The fourth-order valence-corrected chi connectivity index (χ4v) is 1.83. The van der Waals surface area contributed by atoms with Crippen molar-refractivity contribution in [2.24, 2.45) is 11.8 Å². The number of hydrogen-bond acceptors (Lipinski definition) is 1. The Morgan fingerprint density at radius 2 is 2.17 bits per heavy atom. The molecule has 0 unspecified atom stereocenters. The van der Waals surface area contributed by atoms with E-state index in [1.807, 2.05) is 0 Å². The molecule has 0 bridgehead atoms. The van der Waals surface area contributed by atoms with Gasteiger partial charge in [-0.3, -0.25) is 0 Å². The molecular weight excluding hydrogens is 146 g/mol. The van der Waals surface area contributed by atoms with Crippen LogP contribution in [0.2, 0.25) is 0 Å². The molecule has 0 radical (unpaired) electrons. The van der Waals surface area contributed by atoms with Crippen LogP contribution in [0.1, 0.15) is 26.7 Å². The van der Waals surface area contributed by atoms with Crippen molar-refractivity contribution < 1.29 is 0 Å². The molecule has 0 amide bonds. The van der Waals surface area contributed by atoms with E-state index < -0.39 is 0 Å². The maximum atomic E-state index is 3.48. The third-order valence-corrected chi connectivity index (χ3v) is 2.61. The van der Waals surface area contributed by atoms with Crippen molar-refractivity contribution in [3.05, 3.63) is 23.4 Å². The van der Waals surface area contributed by atoms with Crippen LogP contribution in [0.4, 0.5) is 0 Å². The Labute approximate surface area is 74.5 Å². The maximum absolute atomic E-state index is 3.48. The molecule has 2 aliphatic rings. The summed E-state index contributed by atoms with van der Waals surface area (Å²) in [5.74, 6) is 1.54. The average molecular weight is 163 g/mol. The molecule has 0 atom stereocenters. The molecule has 0 aromatic heterocycles. The lowest BCUT2D eigenvalue weighted by atomic mass is 9.98. The lowest BCUT2D eigenvalue weighted by molar-refractivity contribution is 0.653. The van der Waals surface area contributed by atoms with Gasteiger partial charge < -0.3 is 5.32 Å². The van der Waals surface area contributed by atoms with Gasteiger partial charge in [0.1, 0.15) is 0 Å². The Morgan fingerprint density at radius 1 is 1.42 bits per heavy atom. The molecule has 66 valence electrons. The summed E-state index contributed by atoms with van der Waals surface area (Å²) >= 11 is 0. The third kappa shape index (κ3) is 1.40. The van der Waals surface area contributed by atoms with Gasteiger partial charge in [-0.15, -0.1) is 0 Å². The van der Waals surface area contributed by atoms with Crippen LogP contribution in [0.15, 0.2) is 23.4 Å². The van der Waals surface area contributed by atoms with Crippen LogP contribution in [0.3, 0.4) is 0 Å². The second-order valence-electron chi connectivity index (χ2n) is 4.08. The molecule has 12 heavy (non-hydrogen) atoms. The first kappa shape index (κ1) is 7.90. The Balaban J connectivity index is 2.24. The first-order chi connectivity index (χ1) is 5.79. The number of dihydropyridines is 1. The second kappa shape index (κ2) is 2.96. The van der Waals surface area contributed by atoms with E-state index in [1.54, 1.807) is 5.57 Å². The maximum Gasteiger partial charge on any atom is 0.0331 e. The number of nitrogens with one attached hydrogen (secondary N) is 1. The summed E-state index contributed by atoms with van der Waals surface area (Å²) in [5.41, 5.74) is 3.07. The van der Waals surface area contributed by atoms with Crippen LogP contribution in [0.5, 0.6) is 0 Å². The molecular formula is C11H17N. The van der Waals surface area contributed by atoms with E-state index in [1.165, 1.54) is 18.5 Å². The topological polar surface area (TPSA) is 12.0 Å². The average Bonchev–Trinajstić information content (AvgIpc) is 2.87. The van der Waals surface area contributed by atoms with Crippen LogP contribution in [0, 0.1) is 11.8 Å². The van der Waals surface area contributed by atoms with Crippen molar-refractivity contribution >= 4 is 0 Å². The highest BCUT2D eigenvalue weighted by molar-refractivity contribution is 5.34. The van der Waals surface area contributed by atoms with Gasteiger partial charge in [0.2, 0.25) is 0 Å². The van der Waals surface area contributed by atoms with E-state index >= 15 is 0 Å². The molecule has 2 rings (SSSR count). The molecule has 1 saturated carbocycles. The van der Waals surface area contributed by atoms with E-state index in [0.717, 1.165) is 12.5 Å². The van der Waals surface area contributed by atoms with Gasteiger partial charge in [-0.2, -0.15) is 0 Å². The Hall–Kier alpha value is -0.720. The van der Waals surface area contributed by atoms with E-state index in [9.17, 15) is 0 Å². The highest BCUT2D eigenvalue weighted by Crippen LogP contribution is 2.40. The Morgan fingerprint density at radius 3 is 2.75 bits per heavy atom. The molecule has 0 spiro atoms. The quantitative estimate of drug-likeness (QED) is 0.659. The highest BCUT2D eigenvalue weighted by Gasteiger charge is 2.28. The fraction of sp³-hybridized carbons (Fsp3) is 0.636. The minimum Gasteiger partial charge on any atom is -0.384 e. The van der Waals surface area contributed by atoms with E-state index in [4.69, 9.17) is 0 Å². The molecule has 1 N–H and O–H groups in total. The summed E-state index contributed by atoms with van der Waals surface area (Å²) in [6.07, 6.45) is 7.36. The van der Waals surface area contributed by atoms with Gasteiger partial charge in [0.25, 0.3) is 0 Å². The SMILES string of the molecule is CC(C)C1=C(C2CC2)C=CCN1. The zero-order valence-corrected chi connectivity index (χ0v) is 7.93. The fourth-order valence-electron chi connectivity index (χ4n) is 1.83. The molecule has 1 heteroatoms. The van der Waals surface area contributed by atoms with Crippen LogP contribution in [-0.4, -0.2) is 6.54 Å². The highest BCUT2D eigenvalue weighted by atomic mass is 14.9. The van der Waals surface area contributed by atoms with Gasteiger partial charge in [-0.1, -0.05) is 26.0 Å². The standard InChI is InChI=1S/C11H17N/c1-8(2)11-10(9-5-6-9)4-3-7-12-11/h3-4,8-9,12H,5-7H2,1-2H3. The molecule has 1 aliphatic carbocycles. The molecule has 1 fully saturated rings. The predicted molar refractivity (Wildman–Crippen MR) is 51.7 cm³/mol.